The number of methoxy groups -OCH3 is 1. The molecule has 5 heteroatoms. The van der Waals surface area contributed by atoms with Crippen LogP contribution in [0.25, 0.3) is 0 Å². The van der Waals surface area contributed by atoms with Gasteiger partial charge in [-0.2, -0.15) is 0 Å². The Morgan fingerprint density at radius 2 is 2.00 bits per heavy atom. The first-order valence-electron chi connectivity index (χ1n) is 6.39. The Hall–Kier alpha value is -0.620. The molecule has 0 bridgehead atoms. The number of hydrogen-bond acceptors (Lipinski definition) is 4. The maximum atomic E-state index is 5.92. The fourth-order valence-corrected chi connectivity index (χ4v) is 1.94. The van der Waals surface area contributed by atoms with Crippen molar-refractivity contribution >= 4 is 15.9 Å². The van der Waals surface area contributed by atoms with Gasteiger partial charge in [0.05, 0.1) is 19.8 Å². The molecule has 19 heavy (non-hydrogen) atoms. The molecule has 0 unspecified atom stereocenters. The average Bonchev–Trinajstić information content (AvgIpc) is 2.37. The van der Waals surface area contributed by atoms with Gasteiger partial charge in [-0.3, -0.25) is 0 Å². The minimum Gasteiger partial charge on any atom is -0.493 e. The molecule has 2 N–H and O–H groups in total. The van der Waals surface area contributed by atoms with Crippen LogP contribution in [-0.2, 0) is 9.47 Å². The second-order valence-corrected chi connectivity index (χ2v) is 5.19. The van der Waals surface area contributed by atoms with E-state index in [2.05, 4.69) is 15.9 Å². The van der Waals surface area contributed by atoms with Gasteiger partial charge >= 0.3 is 0 Å². The van der Waals surface area contributed by atoms with E-state index in [1.165, 1.54) is 0 Å². The van der Waals surface area contributed by atoms with Crippen molar-refractivity contribution in [1.29, 1.82) is 0 Å². The highest BCUT2D eigenvalue weighted by Gasteiger charge is 2.08. The van der Waals surface area contributed by atoms with Crippen LogP contribution in [0.3, 0.4) is 0 Å². The molecule has 1 rings (SSSR count). The number of benzene rings is 1. The van der Waals surface area contributed by atoms with Gasteiger partial charge in [-0.25, -0.2) is 0 Å². The van der Waals surface area contributed by atoms with Crippen LogP contribution in [0, 0.1) is 0 Å². The third kappa shape index (κ3) is 6.38. The summed E-state index contributed by atoms with van der Waals surface area (Å²) in [6.07, 6.45) is 0.842. The molecule has 0 heterocycles. The Morgan fingerprint density at radius 3 is 2.68 bits per heavy atom. The number of rotatable bonds is 9. The number of hydrogen-bond donors (Lipinski definition) is 1. The van der Waals surface area contributed by atoms with Gasteiger partial charge in [0, 0.05) is 36.2 Å². The first-order chi connectivity index (χ1) is 9.15. The first kappa shape index (κ1) is 16.4. The van der Waals surface area contributed by atoms with Gasteiger partial charge in [-0.15, -0.1) is 0 Å². The molecule has 4 nitrogen and oxygen atoms in total. The lowest BCUT2D eigenvalue weighted by Gasteiger charge is -2.14. The van der Waals surface area contributed by atoms with E-state index in [9.17, 15) is 0 Å². The number of halogens is 1. The van der Waals surface area contributed by atoms with E-state index in [-0.39, 0.29) is 6.04 Å². The summed E-state index contributed by atoms with van der Waals surface area (Å²) < 4.78 is 17.0. The normalized spacial score (nSPS) is 12.4. The highest BCUT2D eigenvalue weighted by Crippen LogP contribution is 2.27. The zero-order valence-corrected chi connectivity index (χ0v) is 13.1. The highest BCUT2D eigenvalue weighted by molar-refractivity contribution is 9.10. The lowest BCUT2D eigenvalue weighted by molar-refractivity contribution is 0.0644. The molecule has 1 atom stereocenters. The monoisotopic (exact) mass is 331 g/mol. The van der Waals surface area contributed by atoms with E-state index in [4.69, 9.17) is 19.9 Å². The van der Waals surface area contributed by atoms with Gasteiger partial charge < -0.3 is 19.9 Å². The van der Waals surface area contributed by atoms with Crippen molar-refractivity contribution in [1.82, 2.24) is 0 Å². The topological polar surface area (TPSA) is 53.7 Å². The minimum atomic E-state index is -0.0407. The van der Waals surface area contributed by atoms with Crippen LogP contribution in [0.2, 0.25) is 0 Å². The number of nitrogens with two attached hydrogens (primary N) is 1. The standard InChI is InChI=1S/C14H22BrNO3/c1-11(16)13-5-4-12(15)10-14(13)19-7-3-6-18-9-8-17-2/h4-5,10-11H,3,6-9,16H2,1-2H3/t11-/m0/s1. The van der Waals surface area contributed by atoms with Crippen LogP contribution in [-0.4, -0.2) is 33.5 Å². The van der Waals surface area contributed by atoms with E-state index in [0.717, 1.165) is 22.2 Å². The van der Waals surface area contributed by atoms with Crippen LogP contribution < -0.4 is 10.5 Å². The summed E-state index contributed by atoms with van der Waals surface area (Å²) in [4.78, 5) is 0. The van der Waals surface area contributed by atoms with Crippen LogP contribution in [0.4, 0.5) is 0 Å². The summed E-state index contributed by atoms with van der Waals surface area (Å²) in [6, 6.07) is 5.87. The molecule has 0 aliphatic heterocycles. The molecule has 0 amide bonds. The quantitative estimate of drug-likeness (QED) is 0.707. The molecule has 0 spiro atoms. The predicted molar refractivity (Wildman–Crippen MR) is 79.6 cm³/mol. The summed E-state index contributed by atoms with van der Waals surface area (Å²) in [5.41, 5.74) is 6.93. The molecule has 0 fully saturated rings. The van der Waals surface area contributed by atoms with E-state index in [1.807, 2.05) is 25.1 Å². The lowest BCUT2D eigenvalue weighted by Crippen LogP contribution is -2.10. The van der Waals surface area contributed by atoms with Crippen molar-refractivity contribution in [3.05, 3.63) is 28.2 Å². The van der Waals surface area contributed by atoms with Crippen LogP contribution in [0.15, 0.2) is 22.7 Å². The van der Waals surface area contributed by atoms with Crippen molar-refractivity contribution in [3.8, 4) is 5.75 Å². The van der Waals surface area contributed by atoms with Crippen molar-refractivity contribution in [2.75, 3.05) is 33.5 Å². The lowest BCUT2D eigenvalue weighted by atomic mass is 10.1. The van der Waals surface area contributed by atoms with Gasteiger partial charge in [0.1, 0.15) is 5.75 Å². The van der Waals surface area contributed by atoms with Gasteiger partial charge in [0.2, 0.25) is 0 Å². The van der Waals surface area contributed by atoms with Gasteiger partial charge in [0.15, 0.2) is 0 Å². The maximum absolute atomic E-state index is 5.92. The SMILES string of the molecule is COCCOCCCOc1cc(Br)ccc1[C@H](C)N. The Bertz CT molecular complexity index is 372. The maximum Gasteiger partial charge on any atom is 0.125 e. The molecule has 0 aromatic heterocycles. The van der Waals surface area contributed by atoms with E-state index >= 15 is 0 Å². The minimum absolute atomic E-state index is 0.0407. The number of ether oxygens (including phenoxy) is 3. The molecule has 0 aliphatic carbocycles. The van der Waals surface area contributed by atoms with Gasteiger partial charge in [0.25, 0.3) is 0 Å². The molecule has 108 valence electrons. The zero-order chi connectivity index (χ0) is 14.1. The van der Waals surface area contributed by atoms with Gasteiger partial charge in [-0.05, 0) is 19.1 Å². The van der Waals surface area contributed by atoms with Crippen molar-refractivity contribution in [2.45, 2.75) is 19.4 Å². The fraction of sp³-hybridized carbons (Fsp3) is 0.571. The van der Waals surface area contributed by atoms with Crippen LogP contribution in [0.1, 0.15) is 24.9 Å². The zero-order valence-electron chi connectivity index (χ0n) is 11.5. The van der Waals surface area contributed by atoms with Crippen LogP contribution >= 0.6 is 15.9 Å². The third-order valence-corrected chi connectivity index (χ3v) is 3.08. The largest absolute Gasteiger partial charge is 0.493 e. The van der Waals surface area contributed by atoms with Gasteiger partial charge in [-0.1, -0.05) is 22.0 Å². The molecule has 0 saturated heterocycles. The molecular weight excluding hydrogens is 310 g/mol. The molecule has 0 aliphatic rings. The Morgan fingerprint density at radius 1 is 1.21 bits per heavy atom. The van der Waals surface area contributed by atoms with E-state index < -0.39 is 0 Å². The summed E-state index contributed by atoms with van der Waals surface area (Å²) in [5.74, 6) is 0.835. The fourth-order valence-electron chi connectivity index (χ4n) is 1.60. The molecule has 1 aromatic carbocycles. The molecular formula is C14H22BrNO3. The molecule has 0 saturated carbocycles. The Kier molecular flexibility index (Phi) is 8.05. The summed E-state index contributed by atoms with van der Waals surface area (Å²) in [6.45, 7) is 4.48. The average molecular weight is 332 g/mol. The predicted octanol–water partition coefficient (Wildman–Crippen LogP) is 2.90. The second-order valence-electron chi connectivity index (χ2n) is 4.28. The van der Waals surface area contributed by atoms with Crippen molar-refractivity contribution < 1.29 is 14.2 Å². The van der Waals surface area contributed by atoms with Crippen molar-refractivity contribution in [3.63, 3.8) is 0 Å². The second kappa shape index (κ2) is 9.31. The highest BCUT2D eigenvalue weighted by atomic mass is 79.9. The first-order valence-corrected chi connectivity index (χ1v) is 7.19. The molecule has 0 radical (unpaired) electrons. The summed E-state index contributed by atoms with van der Waals surface area (Å²) in [5, 5.41) is 0. The molecule has 1 aromatic rings. The summed E-state index contributed by atoms with van der Waals surface area (Å²) in [7, 11) is 1.66. The Balaban J connectivity index is 2.34. The van der Waals surface area contributed by atoms with Crippen molar-refractivity contribution in [2.24, 2.45) is 5.73 Å². The summed E-state index contributed by atoms with van der Waals surface area (Å²) >= 11 is 3.44. The Labute approximate surface area is 123 Å². The van der Waals surface area contributed by atoms with Crippen LogP contribution in [0.5, 0.6) is 5.75 Å². The van der Waals surface area contributed by atoms with E-state index in [1.54, 1.807) is 7.11 Å². The third-order valence-electron chi connectivity index (χ3n) is 2.59. The smallest absolute Gasteiger partial charge is 0.125 e. The van der Waals surface area contributed by atoms with E-state index in [0.29, 0.717) is 26.4 Å².